The summed E-state index contributed by atoms with van der Waals surface area (Å²) in [5, 5.41) is 1.01. The van der Waals surface area contributed by atoms with Gasteiger partial charge in [-0.2, -0.15) is 0 Å². The van der Waals surface area contributed by atoms with Gasteiger partial charge in [-0.1, -0.05) is 23.2 Å². The lowest BCUT2D eigenvalue weighted by atomic mass is 10.3. The van der Waals surface area contributed by atoms with E-state index < -0.39 is 0 Å². The minimum Gasteiger partial charge on any atom is -0.497 e. The van der Waals surface area contributed by atoms with Crippen molar-refractivity contribution in [3.63, 3.8) is 0 Å². The molecule has 2 aromatic carbocycles. The summed E-state index contributed by atoms with van der Waals surface area (Å²) in [5.41, 5.74) is 0. The summed E-state index contributed by atoms with van der Waals surface area (Å²) in [6, 6.07) is 10.5. The van der Waals surface area contributed by atoms with Crippen molar-refractivity contribution in [1.29, 1.82) is 0 Å². The molecule has 0 saturated heterocycles. The predicted molar refractivity (Wildman–Crippen MR) is 96.1 cm³/mol. The van der Waals surface area contributed by atoms with Crippen LogP contribution in [0.1, 0.15) is 0 Å². The van der Waals surface area contributed by atoms with E-state index in [4.69, 9.17) is 42.1 Å². The fraction of sp³-hybridized carbons (Fsp3) is 0.222. The van der Waals surface area contributed by atoms with E-state index in [2.05, 4.69) is 0 Å². The number of benzene rings is 2. The normalized spacial score (nSPS) is 10.7. The lowest BCUT2D eigenvalue weighted by Crippen LogP contribution is -1.98. The maximum Gasteiger partial charge on any atom is 0.138 e. The Morgan fingerprint density at radius 2 is 1.17 bits per heavy atom. The van der Waals surface area contributed by atoms with Crippen LogP contribution < -0.4 is 18.9 Å². The lowest BCUT2D eigenvalue weighted by Gasteiger charge is -2.08. The fourth-order valence-electron chi connectivity index (χ4n) is 1.86. The van der Waals surface area contributed by atoms with Crippen molar-refractivity contribution in [1.82, 2.24) is 0 Å². The van der Waals surface area contributed by atoms with Crippen LogP contribution in [-0.2, 0) is 0 Å². The molecule has 6 heteroatoms. The number of methoxy groups -OCH3 is 2. The summed E-state index contributed by atoms with van der Waals surface area (Å²) < 4.78 is 21.3. The van der Waals surface area contributed by atoms with Crippen LogP contribution in [0.3, 0.4) is 0 Å². The van der Waals surface area contributed by atoms with Crippen molar-refractivity contribution >= 4 is 23.2 Å². The highest BCUT2D eigenvalue weighted by atomic mass is 35.5. The van der Waals surface area contributed by atoms with Crippen LogP contribution in [0.25, 0.3) is 0 Å². The minimum atomic E-state index is 0.381. The third-order valence-corrected chi connectivity index (χ3v) is 3.71. The van der Waals surface area contributed by atoms with E-state index in [1.807, 2.05) is 12.2 Å². The quantitative estimate of drug-likeness (QED) is 0.612. The third kappa shape index (κ3) is 5.25. The van der Waals surface area contributed by atoms with Gasteiger partial charge in [-0.3, -0.25) is 0 Å². The molecule has 0 amide bonds. The Morgan fingerprint density at radius 1 is 0.750 bits per heavy atom. The topological polar surface area (TPSA) is 36.9 Å². The monoisotopic (exact) mass is 368 g/mol. The Kier molecular flexibility index (Phi) is 7.09. The van der Waals surface area contributed by atoms with Crippen LogP contribution in [-0.4, -0.2) is 27.4 Å². The molecule has 0 aromatic heterocycles. The predicted octanol–water partition coefficient (Wildman–Crippen LogP) is 5.02. The van der Waals surface area contributed by atoms with Crippen molar-refractivity contribution in [3.05, 3.63) is 58.6 Å². The first-order chi connectivity index (χ1) is 11.6. The van der Waals surface area contributed by atoms with Crippen LogP contribution in [0.5, 0.6) is 23.0 Å². The molecule has 0 radical (unpaired) electrons. The largest absolute Gasteiger partial charge is 0.497 e. The Labute approximate surface area is 151 Å². The van der Waals surface area contributed by atoms with Gasteiger partial charge in [0.25, 0.3) is 0 Å². The molecule has 0 fully saturated rings. The second-order valence-electron chi connectivity index (χ2n) is 4.69. The fourth-order valence-corrected chi connectivity index (χ4v) is 2.31. The minimum absolute atomic E-state index is 0.381. The van der Waals surface area contributed by atoms with Crippen molar-refractivity contribution in [2.24, 2.45) is 0 Å². The van der Waals surface area contributed by atoms with Gasteiger partial charge in [0, 0.05) is 12.1 Å². The molecule has 0 aliphatic rings. The van der Waals surface area contributed by atoms with Gasteiger partial charge in [-0.05, 0) is 36.4 Å². The molecular formula is C18H18Cl2O4. The molecule has 0 bridgehead atoms. The Balaban J connectivity index is 1.77. The van der Waals surface area contributed by atoms with Gasteiger partial charge >= 0.3 is 0 Å². The standard InChI is InChI=1S/C18H18Cl2O4/c1-21-13-5-7-17(15(19)11-13)23-9-3-4-10-24-18-8-6-14(22-2)12-16(18)20/h3-8,11-12H,9-10H2,1-2H3/b4-3+. The molecule has 0 atom stereocenters. The van der Waals surface area contributed by atoms with E-state index in [1.54, 1.807) is 50.6 Å². The van der Waals surface area contributed by atoms with Gasteiger partial charge in [-0.25, -0.2) is 0 Å². The summed E-state index contributed by atoms with van der Waals surface area (Å²) in [5.74, 6) is 2.57. The molecule has 0 N–H and O–H groups in total. The SMILES string of the molecule is COc1ccc(OC/C=C/COc2ccc(OC)cc2Cl)c(Cl)c1. The highest BCUT2D eigenvalue weighted by molar-refractivity contribution is 6.32. The Morgan fingerprint density at radius 3 is 1.50 bits per heavy atom. The molecular weight excluding hydrogens is 351 g/mol. The molecule has 0 unspecified atom stereocenters. The van der Waals surface area contributed by atoms with Gasteiger partial charge in [0.2, 0.25) is 0 Å². The van der Waals surface area contributed by atoms with Crippen LogP contribution >= 0.6 is 23.2 Å². The van der Waals surface area contributed by atoms with E-state index in [-0.39, 0.29) is 0 Å². The first kappa shape index (κ1) is 18.3. The molecule has 0 heterocycles. The van der Waals surface area contributed by atoms with Gasteiger partial charge < -0.3 is 18.9 Å². The molecule has 0 spiro atoms. The van der Waals surface area contributed by atoms with Gasteiger partial charge in [0.15, 0.2) is 0 Å². The number of hydrogen-bond donors (Lipinski definition) is 0. The second kappa shape index (κ2) is 9.30. The highest BCUT2D eigenvalue weighted by Crippen LogP contribution is 2.29. The highest BCUT2D eigenvalue weighted by Gasteiger charge is 2.03. The summed E-state index contributed by atoms with van der Waals surface area (Å²) in [6.45, 7) is 0.761. The zero-order valence-corrected chi connectivity index (χ0v) is 14.9. The van der Waals surface area contributed by atoms with Gasteiger partial charge in [0.1, 0.15) is 36.2 Å². The van der Waals surface area contributed by atoms with E-state index in [1.165, 1.54) is 0 Å². The summed E-state index contributed by atoms with van der Waals surface area (Å²) in [4.78, 5) is 0. The van der Waals surface area contributed by atoms with E-state index >= 15 is 0 Å². The van der Waals surface area contributed by atoms with Crippen LogP contribution in [0.4, 0.5) is 0 Å². The molecule has 2 aromatic rings. The molecule has 2 rings (SSSR count). The van der Waals surface area contributed by atoms with E-state index in [9.17, 15) is 0 Å². The number of rotatable bonds is 8. The van der Waals surface area contributed by atoms with Crippen LogP contribution in [0.2, 0.25) is 10.0 Å². The zero-order chi connectivity index (χ0) is 17.4. The first-order valence-electron chi connectivity index (χ1n) is 7.21. The number of ether oxygens (including phenoxy) is 4. The third-order valence-electron chi connectivity index (χ3n) is 3.11. The van der Waals surface area contributed by atoms with Crippen LogP contribution in [0.15, 0.2) is 48.6 Å². The maximum atomic E-state index is 6.09. The second-order valence-corrected chi connectivity index (χ2v) is 5.50. The average molecular weight is 369 g/mol. The summed E-state index contributed by atoms with van der Waals surface area (Å²) >= 11 is 12.2. The van der Waals surface area contributed by atoms with Gasteiger partial charge in [-0.15, -0.1) is 0 Å². The average Bonchev–Trinajstić information content (AvgIpc) is 2.60. The van der Waals surface area contributed by atoms with E-state index in [0.717, 1.165) is 0 Å². The molecule has 0 saturated carbocycles. The molecule has 0 aliphatic carbocycles. The number of halogens is 2. The number of hydrogen-bond acceptors (Lipinski definition) is 4. The molecule has 24 heavy (non-hydrogen) atoms. The van der Waals surface area contributed by atoms with Crippen molar-refractivity contribution in [2.75, 3.05) is 27.4 Å². The maximum absolute atomic E-state index is 6.09. The molecule has 4 nitrogen and oxygen atoms in total. The van der Waals surface area contributed by atoms with E-state index in [0.29, 0.717) is 46.3 Å². The zero-order valence-electron chi connectivity index (χ0n) is 13.4. The lowest BCUT2D eigenvalue weighted by molar-refractivity contribution is 0.349. The van der Waals surface area contributed by atoms with Crippen molar-refractivity contribution in [2.45, 2.75) is 0 Å². The summed E-state index contributed by atoms with van der Waals surface area (Å²) in [7, 11) is 3.17. The Bertz CT molecular complexity index is 642. The first-order valence-corrected chi connectivity index (χ1v) is 7.97. The molecule has 128 valence electrons. The van der Waals surface area contributed by atoms with Crippen LogP contribution in [0, 0.1) is 0 Å². The molecule has 0 aliphatic heterocycles. The summed E-state index contributed by atoms with van der Waals surface area (Å²) in [6.07, 6.45) is 3.69. The van der Waals surface area contributed by atoms with Crippen molar-refractivity contribution < 1.29 is 18.9 Å². The Hall–Kier alpha value is -2.04. The van der Waals surface area contributed by atoms with Crippen molar-refractivity contribution in [3.8, 4) is 23.0 Å². The smallest absolute Gasteiger partial charge is 0.138 e. The van der Waals surface area contributed by atoms with Gasteiger partial charge in [0.05, 0.1) is 24.3 Å².